The molecule has 4 rings (SSSR count). The second-order valence-corrected chi connectivity index (χ2v) is 6.21. The zero-order chi connectivity index (χ0) is 18.1. The van der Waals surface area contributed by atoms with E-state index in [1.165, 1.54) is 6.33 Å². The van der Waals surface area contributed by atoms with Gasteiger partial charge in [-0.2, -0.15) is 0 Å². The van der Waals surface area contributed by atoms with Crippen LogP contribution in [0.3, 0.4) is 0 Å². The third-order valence-corrected chi connectivity index (χ3v) is 4.61. The first-order chi connectivity index (χ1) is 12.7. The molecule has 2 aromatic heterocycles. The molecule has 1 fully saturated rings. The van der Waals surface area contributed by atoms with Gasteiger partial charge < -0.3 is 14.6 Å². The second kappa shape index (κ2) is 6.62. The molecule has 0 radical (unpaired) electrons. The van der Waals surface area contributed by atoms with Crippen LogP contribution in [0.1, 0.15) is 29.7 Å². The molecule has 1 aromatic carbocycles. The summed E-state index contributed by atoms with van der Waals surface area (Å²) in [5.41, 5.74) is 1.57. The van der Waals surface area contributed by atoms with Gasteiger partial charge in [0.25, 0.3) is 5.91 Å². The van der Waals surface area contributed by atoms with Gasteiger partial charge in [-0.25, -0.2) is 14.8 Å². The minimum atomic E-state index is -0.221. The van der Waals surface area contributed by atoms with E-state index in [0.717, 1.165) is 5.75 Å². The Morgan fingerprint density at radius 3 is 2.92 bits per heavy atom. The summed E-state index contributed by atoms with van der Waals surface area (Å²) in [6.45, 7) is 3.58. The number of aromatic nitrogens is 4. The van der Waals surface area contributed by atoms with Crippen LogP contribution >= 0.6 is 0 Å². The van der Waals surface area contributed by atoms with Gasteiger partial charge >= 0.3 is 5.69 Å². The first-order valence-electron chi connectivity index (χ1n) is 8.59. The summed E-state index contributed by atoms with van der Waals surface area (Å²) in [5, 5.41) is 0. The van der Waals surface area contributed by atoms with Crippen molar-refractivity contribution in [2.24, 2.45) is 0 Å². The summed E-state index contributed by atoms with van der Waals surface area (Å²) in [6, 6.07) is 7.03. The van der Waals surface area contributed by atoms with Gasteiger partial charge in [0.2, 0.25) is 0 Å². The van der Waals surface area contributed by atoms with Crippen molar-refractivity contribution in [3.63, 3.8) is 0 Å². The number of imidazole rings is 1. The number of hydrogen-bond donors (Lipinski definition) is 1. The molecule has 3 aromatic rings. The third-order valence-electron chi connectivity index (χ3n) is 4.61. The topological polar surface area (TPSA) is 93.1 Å². The number of likely N-dealkylation sites (tertiary alicyclic amines) is 1. The van der Waals surface area contributed by atoms with Crippen molar-refractivity contribution in [2.45, 2.75) is 19.4 Å². The van der Waals surface area contributed by atoms with E-state index < -0.39 is 0 Å². The molecule has 1 saturated heterocycles. The first kappa shape index (κ1) is 16.3. The van der Waals surface area contributed by atoms with Gasteiger partial charge in [-0.3, -0.25) is 9.36 Å². The van der Waals surface area contributed by atoms with Crippen molar-refractivity contribution in [3.8, 4) is 5.75 Å². The number of carbonyl (C=O) groups is 1. The minimum absolute atomic E-state index is 0.0435. The van der Waals surface area contributed by atoms with Gasteiger partial charge in [0.15, 0.2) is 5.65 Å². The Balaban J connectivity index is 1.53. The highest BCUT2D eigenvalue weighted by molar-refractivity contribution is 5.94. The monoisotopic (exact) mass is 353 g/mol. The van der Waals surface area contributed by atoms with Gasteiger partial charge in [0, 0.05) is 18.7 Å². The average Bonchev–Trinajstić information content (AvgIpc) is 3.25. The second-order valence-electron chi connectivity index (χ2n) is 6.21. The fourth-order valence-corrected chi connectivity index (χ4v) is 3.39. The predicted octanol–water partition coefficient (Wildman–Crippen LogP) is 1.61. The normalized spacial score (nSPS) is 17.0. The third kappa shape index (κ3) is 2.83. The zero-order valence-electron chi connectivity index (χ0n) is 14.4. The molecule has 8 heteroatoms. The summed E-state index contributed by atoms with van der Waals surface area (Å²) in [4.78, 5) is 37.7. The summed E-state index contributed by atoms with van der Waals surface area (Å²) < 4.78 is 7.04. The molecular weight excluding hydrogens is 334 g/mol. The molecule has 1 atom stereocenters. The van der Waals surface area contributed by atoms with Crippen molar-refractivity contribution < 1.29 is 9.53 Å². The van der Waals surface area contributed by atoms with Gasteiger partial charge in [0.05, 0.1) is 18.8 Å². The average molecular weight is 353 g/mol. The van der Waals surface area contributed by atoms with Crippen LogP contribution in [0.2, 0.25) is 0 Å². The Kier molecular flexibility index (Phi) is 4.16. The Morgan fingerprint density at radius 2 is 2.15 bits per heavy atom. The first-order valence-corrected chi connectivity index (χ1v) is 8.59. The van der Waals surface area contributed by atoms with Crippen LogP contribution in [0.15, 0.2) is 41.6 Å². The van der Waals surface area contributed by atoms with E-state index in [2.05, 4.69) is 15.0 Å². The molecule has 3 heterocycles. The van der Waals surface area contributed by atoms with Gasteiger partial charge in [0.1, 0.15) is 17.6 Å². The van der Waals surface area contributed by atoms with Crippen LogP contribution < -0.4 is 10.4 Å². The number of aromatic amines is 1. The Morgan fingerprint density at radius 1 is 1.35 bits per heavy atom. The SMILES string of the molecule is CCOc1ccc(C(=O)N2CC[C@@H](n3c(=O)[nH]c4cncnc43)C2)cc1. The number of amides is 1. The fourth-order valence-electron chi connectivity index (χ4n) is 3.39. The number of rotatable bonds is 4. The Labute approximate surface area is 149 Å². The van der Waals surface area contributed by atoms with E-state index in [1.54, 1.807) is 39.9 Å². The van der Waals surface area contributed by atoms with Gasteiger partial charge in [-0.15, -0.1) is 0 Å². The number of nitrogens with one attached hydrogen (secondary N) is 1. The molecule has 134 valence electrons. The summed E-state index contributed by atoms with van der Waals surface area (Å²) in [6.07, 6.45) is 3.71. The van der Waals surface area contributed by atoms with E-state index in [4.69, 9.17) is 4.74 Å². The van der Waals surface area contributed by atoms with Crippen LogP contribution in [-0.4, -0.2) is 50.0 Å². The summed E-state index contributed by atoms with van der Waals surface area (Å²) >= 11 is 0. The fraction of sp³-hybridized carbons (Fsp3) is 0.333. The van der Waals surface area contributed by atoms with Crippen molar-refractivity contribution in [1.29, 1.82) is 0 Å². The van der Waals surface area contributed by atoms with Gasteiger partial charge in [-0.05, 0) is 37.6 Å². The van der Waals surface area contributed by atoms with Crippen LogP contribution in [0.4, 0.5) is 0 Å². The van der Waals surface area contributed by atoms with E-state index in [9.17, 15) is 9.59 Å². The summed E-state index contributed by atoms with van der Waals surface area (Å²) in [5.74, 6) is 0.700. The van der Waals surface area contributed by atoms with Gasteiger partial charge in [-0.1, -0.05) is 0 Å². The molecule has 0 spiro atoms. The number of H-pyrrole nitrogens is 1. The molecule has 8 nitrogen and oxygen atoms in total. The lowest BCUT2D eigenvalue weighted by molar-refractivity contribution is 0.0787. The zero-order valence-corrected chi connectivity index (χ0v) is 14.4. The lowest BCUT2D eigenvalue weighted by Crippen LogP contribution is -2.30. The van der Waals surface area contributed by atoms with Crippen LogP contribution in [0, 0.1) is 0 Å². The molecule has 0 unspecified atom stereocenters. The number of ether oxygens (including phenoxy) is 1. The van der Waals surface area contributed by atoms with Crippen molar-refractivity contribution in [1.82, 2.24) is 24.4 Å². The molecule has 26 heavy (non-hydrogen) atoms. The molecule has 0 bridgehead atoms. The highest BCUT2D eigenvalue weighted by Gasteiger charge is 2.30. The summed E-state index contributed by atoms with van der Waals surface area (Å²) in [7, 11) is 0. The molecule has 0 saturated carbocycles. The lowest BCUT2D eigenvalue weighted by atomic mass is 10.2. The molecule has 1 N–H and O–H groups in total. The minimum Gasteiger partial charge on any atom is -0.494 e. The number of fused-ring (bicyclic) bond motifs is 1. The van der Waals surface area contributed by atoms with Crippen LogP contribution in [0.5, 0.6) is 5.75 Å². The maximum atomic E-state index is 12.7. The molecule has 0 aliphatic carbocycles. The molecule has 1 amide bonds. The maximum absolute atomic E-state index is 12.7. The predicted molar refractivity (Wildman–Crippen MR) is 95.3 cm³/mol. The van der Waals surface area contributed by atoms with Crippen LogP contribution in [-0.2, 0) is 0 Å². The lowest BCUT2D eigenvalue weighted by Gasteiger charge is -2.17. The molecule has 1 aliphatic rings. The quantitative estimate of drug-likeness (QED) is 0.769. The standard InChI is InChI=1S/C18H19N5O3/c1-2-26-14-5-3-12(4-6-14)17(24)22-8-7-13(10-22)23-16-15(21-18(23)25)9-19-11-20-16/h3-6,9,11,13H,2,7-8,10H2,1H3,(H,21,25)/t13-/m1/s1. The van der Waals surface area contributed by atoms with Crippen molar-refractivity contribution in [3.05, 3.63) is 52.8 Å². The van der Waals surface area contributed by atoms with E-state index in [0.29, 0.717) is 42.8 Å². The number of nitrogens with zero attached hydrogens (tertiary/aromatic N) is 4. The molecule has 1 aliphatic heterocycles. The molecular formula is C18H19N5O3. The van der Waals surface area contributed by atoms with E-state index in [1.807, 2.05) is 6.92 Å². The van der Waals surface area contributed by atoms with Crippen molar-refractivity contribution >= 4 is 17.1 Å². The Bertz CT molecular complexity index is 992. The van der Waals surface area contributed by atoms with E-state index >= 15 is 0 Å². The van der Waals surface area contributed by atoms with E-state index in [-0.39, 0.29) is 17.6 Å². The number of benzene rings is 1. The number of carbonyl (C=O) groups excluding carboxylic acids is 1. The number of hydrogen-bond acceptors (Lipinski definition) is 5. The largest absolute Gasteiger partial charge is 0.494 e. The van der Waals surface area contributed by atoms with Crippen LogP contribution in [0.25, 0.3) is 11.2 Å². The van der Waals surface area contributed by atoms with Crippen molar-refractivity contribution in [2.75, 3.05) is 19.7 Å². The maximum Gasteiger partial charge on any atom is 0.328 e. The highest BCUT2D eigenvalue weighted by Crippen LogP contribution is 2.25. The highest BCUT2D eigenvalue weighted by atomic mass is 16.5. The Hall–Kier alpha value is -3.16. The smallest absolute Gasteiger partial charge is 0.328 e.